The normalized spacial score (nSPS) is 20.1. The number of carbonyl (C=O) groups is 1. The number of nitrogens with one attached hydrogen (secondary N) is 2. The van der Waals surface area contributed by atoms with Crippen LogP contribution in [0.2, 0.25) is 5.02 Å². The number of carbonyl (C=O) groups excluding carboxylic acids is 1. The molecule has 1 fully saturated rings. The first kappa shape index (κ1) is 14.6. The number of hydrogen-bond acceptors (Lipinski definition) is 2. The predicted octanol–water partition coefficient (Wildman–Crippen LogP) is 3.79. The van der Waals surface area contributed by atoms with Gasteiger partial charge in [-0.1, -0.05) is 27.5 Å². The van der Waals surface area contributed by atoms with E-state index < -0.39 is 0 Å². The fraction of sp³-hybridized carbons (Fsp3) is 0.462. The second kappa shape index (κ2) is 6.59. The van der Waals surface area contributed by atoms with Crippen LogP contribution in [0.1, 0.15) is 19.8 Å². The van der Waals surface area contributed by atoms with Gasteiger partial charge in [0, 0.05) is 11.1 Å². The molecule has 1 aromatic rings. The van der Waals surface area contributed by atoms with Gasteiger partial charge in [0.1, 0.15) is 0 Å². The average molecular weight is 348 g/mol. The van der Waals surface area contributed by atoms with Gasteiger partial charge in [0.25, 0.3) is 0 Å². The third kappa shape index (κ3) is 4.09. The van der Waals surface area contributed by atoms with Gasteiger partial charge in [-0.3, -0.25) is 0 Å². The Labute approximate surface area is 126 Å². The van der Waals surface area contributed by atoms with E-state index in [-0.39, 0.29) is 18.2 Å². The molecule has 0 saturated carbocycles. The number of rotatable bonds is 3. The Balaban J connectivity index is 1.89. The van der Waals surface area contributed by atoms with Crippen molar-refractivity contribution in [1.82, 2.24) is 5.32 Å². The van der Waals surface area contributed by atoms with Crippen molar-refractivity contribution in [2.45, 2.75) is 31.9 Å². The molecule has 2 unspecified atom stereocenters. The van der Waals surface area contributed by atoms with Crippen LogP contribution in [0, 0.1) is 0 Å². The molecule has 2 N–H and O–H groups in total. The van der Waals surface area contributed by atoms with Crippen molar-refractivity contribution in [1.29, 1.82) is 0 Å². The molecular weight excluding hydrogens is 332 g/mol. The van der Waals surface area contributed by atoms with Gasteiger partial charge in [0.2, 0.25) is 0 Å². The summed E-state index contributed by atoms with van der Waals surface area (Å²) < 4.78 is 6.40. The molecule has 2 amide bonds. The van der Waals surface area contributed by atoms with Gasteiger partial charge in [-0.25, -0.2) is 4.79 Å². The topological polar surface area (TPSA) is 50.4 Å². The van der Waals surface area contributed by atoms with E-state index in [1.807, 2.05) is 13.0 Å². The highest BCUT2D eigenvalue weighted by Gasteiger charge is 2.23. The SMILES string of the molecule is CC(NC(=O)Nc1ccc(Br)cc1Cl)C1CCCO1. The van der Waals surface area contributed by atoms with Crippen LogP contribution in [-0.4, -0.2) is 24.8 Å². The Morgan fingerprint density at radius 2 is 2.37 bits per heavy atom. The number of ether oxygens (including phenoxy) is 1. The summed E-state index contributed by atoms with van der Waals surface area (Å²) in [6.07, 6.45) is 2.14. The zero-order chi connectivity index (χ0) is 13.8. The molecule has 1 saturated heterocycles. The van der Waals surface area contributed by atoms with Gasteiger partial charge >= 0.3 is 6.03 Å². The lowest BCUT2D eigenvalue weighted by atomic mass is 10.1. The molecule has 1 aliphatic heterocycles. The first-order valence-corrected chi connectivity index (χ1v) is 7.37. The van der Waals surface area contributed by atoms with Crippen LogP contribution in [0.4, 0.5) is 10.5 Å². The average Bonchev–Trinajstić information content (AvgIpc) is 2.86. The number of amides is 2. The number of benzene rings is 1. The lowest BCUT2D eigenvalue weighted by molar-refractivity contribution is 0.0868. The fourth-order valence-corrected chi connectivity index (χ4v) is 2.77. The van der Waals surface area contributed by atoms with Crippen molar-refractivity contribution >= 4 is 39.2 Å². The third-order valence-electron chi connectivity index (χ3n) is 3.06. The van der Waals surface area contributed by atoms with Gasteiger partial charge in [-0.15, -0.1) is 0 Å². The minimum absolute atomic E-state index is 0.0169. The molecule has 1 aromatic carbocycles. The van der Waals surface area contributed by atoms with Crippen molar-refractivity contribution in [3.05, 3.63) is 27.7 Å². The number of urea groups is 1. The van der Waals surface area contributed by atoms with E-state index in [4.69, 9.17) is 16.3 Å². The predicted molar refractivity (Wildman–Crippen MR) is 79.7 cm³/mol. The van der Waals surface area contributed by atoms with Crippen molar-refractivity contribution in [3.63, 3.8) is 0 Å². The van der Waals surface area contributed by atoms with Crippen LogP contribution in [0.15, 0.2) is 22.7 Å². The lowest BCUT2D eigenvalue weighted by Gasteiger charge is -2.20. The summed E-state index contributed by atoms with van der Waals surface area (Å²) in [6.45, 7) is 2.72. The fourth-order valence-electron chi connectivity index (χ4n) is 2.05. The quantitative estimate of drug-likeness (QED) is 0.874. The summed E-state index contributed by atoms with van der Waals surface area (Å²) in [5.74, 6) is 0. The second-order valence-corrected chi connectivity index (χ2v) is 5.89. The third-order valence-corrected chi connectivity index (χ3v) is 3.87. The first-order valence-electron chi connectivity index (χ1n) is 6.20. The Kier molecular flexibility index (Phi) is 5.07. The van der Waals surface area contributed by atoms with Gasteiger partial charge < -0.3 is 15.4 Å². The number of anilines is 1. The molecule has 19 heavy (non-hydrogen) atoms. The standard InChI is InChI=1S/C13H16BrClN2O2/c1-8(12-3-2-6-19-12)16-13(18)17-11-5-4-9(14)7-10(11)15/h4-5,7-8,12H,2-3,6H2,1H3,(H2,16,17,18). The molecule has 1 aliphatic rings. The molecule has 2 rings (SSSR count). The van der Waals surface area contributed by atoms with Crippen LogP contribution in [-0.2, 0) is 4.74 Å². The van der Waals surface area contributed by atoms with Crippen LogP contribution in [0.5, 0.6) is 0 Å². The molecule has 104 valence electrons. The maximum atomic E-state index is 11.9. The Morgan fingerprint density at radius 3 is 3.00 bits per heavy atom. The minimum Gasteiger partial charge on any atom is -0.376 e. The summed E-state index contributed by atoms with van der Waals surface area (Å²) in [5, 5.41) is 6.09. The summed E-state index contributed by atoms with van der Waals surface area (Å²) in [4.78, 5) is 11.9. The van der Waals surface area contributed by atoms with Gasteiger partial charge in [-0.05, 0) is 38.0 Å². The van der Waals surface area contributed by atoms with E-state index in [2.05, 4.69) is 26.6 Å². The largest absolute Gasteiger partial charge is 0.376 e. The van der Waals surface area contributed by atoms with Crippen LogP contribution < -0.4 is 10.6 Å². The van der Waals surface area contributed by atoms with Crippen LogP contribution in [0.25, 0.3) is 0 Å². The smallest absolute Gasteiger partial charge is 0.319 e. The van der Waals surface area contributed by atoms with Crippen molar-refractivity contribution < 1.29 is 9.53 Å². The summed E-state index contributed by atoms with van der Waals surface area (Å²) in [7, 11) is 0. The molecule has 1 heterocycles. The minimum atomic E-state index is -0.271. The molecule has 4 nitrogen and oxygen atoms in total. The molecule has 2 atom stereocenters. The van der Waals surface area contributed by atoms with E-state index in [0.29, 0.717) is 10.7 Å². The zero-order valence-electron chi connectivity index (χ0n) is 10.6. The molecule has 6 heteroatoms. The highest BCUT2D eigenvalue weighted by molar-refractivity contribution is 9.10. The molecular formula is C13H16BrClN2O2. The van der Waals surface area contributed by atoms with Gasteiger partial charge in [0.05, 0.1) is 22.9 Å². The summed E-state index contributed by atoms with van der Waals surface area (Å²) >= 11 is 9.36. The zero-order valence-corrected chi connectivity index (χ0v) is 12.9. The van der Waals surface area contributed by atoms with E-state index >= 15 is 0 Å². The molecule has 0 aromatic heterocycles. The molecule has 0 aliphatic carbocycles. The van der Waals surface area contributed by atoms with Crippen LogP contribution in [0.3, 0.4) is 0 Å². The van der Waals surface area contributed by atoms with Crippen LogP contribution >= 0.6 is 27.5 Å². The highest BCUT2D eigenvalue weighted by atomic mass is 79.9. The highest BCUT2D eigenvalue weighted by Crippen LogP contribution is 2.25. The maximum absolute atomic E-state index is 11.9. The monoisotopic (exact) mass is 346 g/mol. The van der Waals surface area contributed by atoms with Crippen molar-refractivity contribution in [2.75, 3.05) is 11.9 Å². The Hall–Kier alpha value is -0.780. The number of halogens is 2. The summed E-state index contributed by atoms with van der Waals surface area (Å²) in [6, 6.07) is 5.03. The summed E-state index contributed by atoms with van der Waals surface area (Å²) in [5.41, 5.74) is 0.585. The Bertz CT molecular complexity index is 464. The van der Waals surface area contributed by atoms with Gasteiger partial charge in [0.15, 0.2) is 0 Å². The lowest BCUT2D eigenvalue weighted by Crippen LogP contribution is -2.43. The molecule has 0 spiro atoms. The Morgan fingerprint density at radius 1 is 1.58 bits per heavy atom. The van der Waals surface area contributed by atoms with E-state index in [9.17, 15) is 4.79 Å². The van der Waals surface area contributed by atoms with E-state index in [1.54, 1.807) is 12.1 Å². The second-order valence-electron chi connectivity index (χ2n) is 4.56. The molecule has 0 radical (unpaired) electrons. The van der Waals surface area contributed by atoms with Crippen molar-refractivity contribution in [2.24, 2.45) is 0 Å². The van der Waals surface area contributed by atoms with Gasteiger partial charge in [-0.2, -0.15) is 0 Å². The molecule has 0 bridgehead atoms. The van der Waals surface area contributed by atoms with E-state index in [0.717, 1.165) is 23.9 Å². The van der Waals surface area contributed by atoms with E-state index in [1.165, 1.54) is 0 Å². The number of hydrogen-bond donors (Lipinski definition) is 2. The van der Waals surface area contributed by atoms with Crippen molar-refractivity contribution in [3.8, 4) is 0 Å². The maximum Gasteiger partial charge on any atom is 0.319 e. The first-order chi connectivity index (χ1) is 9.06.